The fourth-order valence-electron chi connectivity index (χ4n) is 2.81. The summed E-state index contributed by atoms with van der Waals surface area (Å²) < 4.78 is 10.7. The van der Waals surface area contributed by atoms with Crippen molar-refractivity contribution >= 4 is 6.09 Å². The van der Waals surface area contributed by atoms with Crippen LogP contribution in [0.3, 0.4) is 0 Å². The van der Waals surface area contributed by atoms with Gasteiger partial charge in [0.15, 0.2) is 0 Å². The van der Waals surface area contributed by atoms with Crippen molar-refractivity contribution in [3.63, 3.8) is 0 Å². The summed E-state index contributed by atoms with van der Waals surface area (Å²) in [6, 6.07) is 7.98. The van der Waals surface area contributed by atoms with Crippen LogP contribution >= 0.6 is 0 Å². The Kier molecular flexibility index (Phi) is 4.96. The van der Waals surface area contributed by atoms with Crippen LogP contribution in [0.5, 0.6) is 5.75 Å². The highest BCUT2D eigenvalue weighted by molar-refractivity contribution is 5.68. The van der Waals surface area contributed by atoms with Gasteiger partial charge >= 0.3 is 6.09 Å². The monoisotopic (exact) mass is 306 g/mol. The lowest BCUT2D eigenvalue weighted by molar-refractivity contribution is 0.0287. The van der Waals surface area contributed by atoms with Crippen LogP contribution in [0.2, 0.25) is 0 Å². The molecule has 1 amide bonds. The molecule has 2 atom stereocenters. The van der Waals surface area contributed by atoms with Gasteiger partial charge < -0.3 is 20.1 Å². The molecular formula is C17H26N2O3. The van der Waals surface area contributed by atoms with E-state index in [0.717, 1.165) is 5.75 Å². The zero-order valence-electron chi connectivity index (χ0n) is 13.8. The lowest BCUT2D eigenvalue weighted by Crippen LogP contribution is -2.35. The van der Waals surface area contributed by atoms with Crippen LogP contribution in [0.4, 0.5) is 4.79 Å². The molecule has 0 radical (unpaired) electrons. The van der Waals surface area contributed by atoms with Gasteiger partial charge in [0.1, 0.15) is 11.4 Å². The number of nitrogens with two attached hydrogens (primary N) is 1. The van der Waals surface area contributed by atoms with Gasteiger partial charge in [-0.2, -0.15) is 0 Å². The number of methoxy groups -OCH3 is 1. The first kappa shape index (κ1) is 16.6. The highest BCUT2D eigenvalue weighted by Gasteiger charge is 2.37. The molecule has 1 fully saturated rings. The largest absolute Gasteiger partial charge is 0.497 e. The summed E-state index contributed by atoms with van der Waals surface area (Å²) in [6.45, 7) is 7.47. The van der Waals surface area contributed by atoms with Crippen LogP contribution in [0.15, 0.2) is 24.3 Å². The number of hydrogen-bond donors (Lipinski definition) is 1. The number of hydrogen-bond acceptors (Lipinski definition) is 4. The molecule has 1 aromatic rings. The Morgan fingerprint density at radius 2 is 1.91 bits per heavy atom. The van der Waals surface area contributed by atoms with Gasteiger partial charge in [-0.3, -0.25) is 0 Å². The predicted octanol–water partition coefficient (Wildman–Crippen LogP) is 2.60. The number of carbonyl (C=O) groups is 1. The lowest BCUT2D eigenvalue weighted by atomic mass is 9.89. The highest BCUT2D eigenvalue weighted by atomic mass is 16.6. The van der Waals surface area contributed by atoms with E-state index in [4.69, 9.17) is 15.2 Å². The number of ether oxygens (including phenoxy) is 2. The standard InChI is InChI=1S/C17H26N2O3/c1-17(2,3)22-16(20)19-10-13(9-18)15(11-19)12-5-7-14(21-4)8-6-12/h5-8,13,15H,9-11,18H2,1-4H3/t13-,15+/m1/s1. The quantitative estimate of drug-likeness (QED) is 0.932. The van der Waals surface area contributed by atoms with E-state index in [9.17, 15) is 4.79 Å². The molecule has 0 aliphatic carbocycles. The van der Waals surface area contributed by atoms with E-state index in [0.29, 0.717) is 19.6 Å². The molecule has 22 heavy (non-hydrogen) atoms. The van der Waals surface area contributed by atoms with E-state index in [1.807, 2.05) is 45.0 Å². The Morgan fingerprint density at radius 3 is 2.41 bits per heavy atom. The molecule has 0 saturated carbocycles. The maximum Gasteiger partial charge on any atom is 0.410 e. The number of carbonyl (C=O) groups excluding carboxylic acids is 1. The van der Waals surface area contributed by atoms with Gasteiger partial charge in [0.05, 0.1) is 7.11 Å². The average Bonchev–Trinajstić information content (AvgIpc) is 2.90. The normalized spacial score (nSPS) is 21.8. The van der Waals surface area contributed by atoms with Gasteiger partial charge in [-0.25, -0.2) is 4.79 Å². The molecule has 0 spiro atoms. The van der Waals surface area contributed by atoms with Gasteiger partial charge in [-0.1, -0.05) is 12.1 Å². The summed E-state index contributed by atoms with van der Waals surface area (Å²) in [7, 11) is 1.65. The Balaban J connectivity index is 2.10. The molecule has 1 aliphatic rings. The average molecular weight is 306 g/mol. The van der Waals surface area contributed by atoms with Crippen molar-refractivity contribution in [1.82, 2.24) is 4.90 Å². The van der Waals surface area contributed by atoms with E-state index < -0.39 is 5.60 Å². The van der Waals surface area contributed by atoms with Gasteiger partial charge in [0.25, 0.3) is 0 Å². The molecule has 2 N–H and O–H groups in total. The summed E-state index contributed by atoms with van der Waals surface area (Å²) >= 11 is 0. The van der Waals surface area contributed by atoms with Crippen molar-refractivity contribution in [3.8, 4) is 5.75 Å². The van der Waals surface area contributed by atoms with Crippen molar-refractivity contribution in [3.05, 3.63) is 29.8 Å². The van der Waals surface area contributed by atoms with Crippen LogP contribution in [-0.4, -0.2) is 43.3 Å². The summed E-state index contributed by atoms with van der Waals surface area (Å²) in [5, 5.41) is 0. The number of rotatable bonds is 3. The second kappa shape index (κ2) is 6.57. The SMILES string of the molecule is COc1ccc([C@@H]2CN(C(=O)OC(C)(C)C)C[C@H]2CN)cc1. The molecule has 5 nitrogen and oxygen atoms in total. The minimum atomic E-state index is -0.479. The molecule has 0 bridgehead atoms. The molecule has 1 aliphatic heterocycles. The zero-order valence-corrected chi connectivity index (χ0v) is 13.8. The Hall–Kier alpha value is -1.75. The van der Waals surface area contributed by atoms with Crippen LogP contribution in [0.1, 0.15) is 32.3 Å². The van der Waals surface area contributed by atoms with E-state index in [1.54, 1.807) is 12.0 Å². The minimum Gasteiger partial charge on any atom is -0.497 e. The van der Waals surface area contributed by atoms with Crippen LogP contribution in [0, 0.1) is 5.92 Å². The zero-order chi connectivity index (χ0) is 16.3. The summed E-state index contributed by atoms with van der Waals surface area (Å²) in [6.07, 6.45) is -0.262. The third kappa shape index (κ3) is 3.91. The van der Waals surface area contributed by atoms with Crippen molar-refractivity contribution in [2.24, 2.45) is 11.7 Å². The predicted molar refractivity (Wildman–Crippen MR) is 86.1 cm³/mol. The van der Waals surface area contributed by atoms with Gasteiger partial charge in [0, 0.05) is 19.0 Å². The van der Waals surface area contributed by atoms with Crippen molar-refractivity contribution in [1.29, 1.82) is 0 Å². The first-order valence-electron chi connectivity index (χ1n) is 7.66. The Bertz CT molecular complexity index is 508. The van der Waals surface area contributed by atoms with Crippen molar-refractivity contribution < 1.29 is 14.3 Å². The number of amides is 1. The van der Waals surface area contributed by atoms with Crippen LogP contribution < -0.4 is 10.5 Å². The molecular weight excluding hydrogens is 280 g/mol. The molecule has 122 valence electrons. The minimum absolute atomic E-state index is 0.239. The lowest BCUT2D eigenvalue weighted by Gasteiger charge is -2.24. The second-order valence-corrected chi connectivity index (χ2v) is 6.76. The first-order valence-corrected chi connectivity index (χ1v) is 7.66. The topological polar surface area (TPSA) is 64.8 Å². The van der Waals surface area contributed by atoms with E-state index >= 15 is 0 Å². The number of nitrogens with zero attached hydrogens (tertiary/aromatic N) is 1. The molecule has 5 heteroatoms. The van der Waals surface area contributed by atoms with Crippen LogP contribution in [-0.2, 0) is 4.74 Å². The van der Waals surface area contributed by atoms with Crippen molar-refractivity contribution in [2.75, 3.05) is 26.7 Å². The highest BCUT2D eigenvalue weighted by Crippen LogP contribution is 2.33. The number of benzene rings is 1. The molecule has 1 saturated heterocycles. The van der Waals surface area contributed by atoms with E-state index in [2.05, 4.69) is 0 Å². The summed E-state index contributed by atoms with van der Waals surface area (Å²) in [4.78, 5) is 14.0. The Morgan fingerprint density at radius 1 is 1.27 bits per heavy atom. The first-order chi connectivity index (χ1) is 10.3. The fourth-order valence-corrected chi connectivity index (χ4v) is 2.81. The fraction of sp³-hybridized carbons (Fsp3) is 0.588. The third-order valence-corrected chi connectivity index (χ3v) is 3.94. The van der Waals surface area contributed by atoms with Gasteiger partial charge in [-0.05, 0) is 50.9 Å². The molecule has 1 aromatic carbocycles. The maximum atomic E-state index is 12.2. The smallest absolute Gasteiger partial charge is 0.410 e. The summed E-state index contributed by atoms with van der Waals surface area (Å²) in [5.41, 5.74) is 6.61. The van der Waals surface area contributed by atoms with E-state index in [-0.39, 0.29) is 17.9 Å². The Labute approximate surface area is 132 Å². The van der Waals surface area contributed by atoms with Crippen molar-refractivity contribution in [2.45, 2.75) is 32.3 Å². The maximum absolute atomic E-state index is 12.2. The van der Waals surface area contributed by atoms with Crippen LogP contribution in [0.25, 0.3) is 0 Å². The second-order valence-electron chi connectivity index (χ2n) is 6.76. The molecule has 1 heterocycles. The van der Waals surface area contributed by atoms with Gasteiger partial charge in [0.2, 0.25) is 0 Å². The molecule has 2 rings (SSSR count). The third-order valence-electron chi connectivity index (χ3n) is 3.94. The molecule has 0 aromatic heterocycles. The molecule has 0 unspecified atom stereocenters. The van der Waals surface area contributed by atoms with E-state index in [1.165, 1.54) is 5.56 Å². The summed E-state index contributed by atoms with van der Waals surface area (Å²) in [5.74, 6) is 1.32. The number of likely N-dealkylation sites (tertiary alicyclic amines) is 1. The van der Waals surface area contributed by atoms with Gasteiger partial charge in [-0.15, -0.1) is 0 Å².